The molecule has 156 valence electrons. The molecule has 0 fully saturated rings. The van der Waals surface area contributed by atoms with Gasteiger partial charge < -0.3 is 27.0 Å². The molecule has 1 heterocycles. The first kappa shape index (κ1) is 20.8. The topological polar surface area (TPSA) is 143 Å². The van der Waals surface area contributed by atoms with E-state index in [1.165, 1.54) is 0 Å². The average Bonchev–Trinajstić information content (AvgIpc) is 2.76. The number of benzene rings is 2. The summed E-state index contributed by atoms with van der Waals surface area (Å²) in [4.78, 5) is 14.4. The van der Waals surface area contributed by atoms with Gasteiger partial charge in [0.2, 0.25) is 17.8 Å². The second-order valence-corrected chi connectivity index (χ2v) is 6.60. The lowest BCUT2D eigenvalue weighted by Gasteiger charge is -2.19. The van der Waals surface area contributed by atoms with Crippen LogP contribution in [0.4, 0.5) is 40.6 Å². The lowest BCUT2D eigenvalue weighted by Crippen LogP contribution is -2.21. The molecule has 0 aliphatic carbocycles. The van der Waals surface area contributed by atoms with Gasteiger partial charge in [-0.15, -0.1) is 0 Å². The zero-order chi connectivity index (χ0) is 21.3. The number of nitrogens with zero attached hydrogens (tertiary/aromatic N) is 6. The molecule has 10 heteroatoms. The molecule has 3 rings (SSSR count). The largest absolute Gasteiger partial charge is 0.399 e. The molecule has 0 radical (unpaired) electrons. The van der Waals surface area contributed by atoms with Crippen LogP contribution in [0.1, 0.15) is 6.42 Å². The van der Waals surface area contributed by atoms with Crippen LogP contribution in [0, 0.1) is 0 Å². The Morgan fingerprint density at radius 2 is 1.47 bits per heavy atom. The van der Waals surface area contributed by atoms with Crippen molar-refractivity contribution in [2.45, 2.75) is 6.42 Å². The first-order chi connectivity index (χ1) is 14.5. The quantitative estimate of drug-likeness (QED) is 0.240. The van der Waals surface area contributed by atoms with Crippen LogP contribution in [0.3, 0.4) is 0 Å². The molecule has 30 heavy (non-hydrogen) atoms. The number of nitrogens with one attached hydrogen (secondary N) is 2. The molecule has 0 unspecified atom stereocenters. The fourth-order valence-electron chi connectivity index (χ4n) is 2.66. The van der Waals surface area contributed by atoms with E-state index in [9.17, 15) is 0 Å². The first-order valence-corrected chi connectivity index (χ1v) is 9.55. The predicted octanol–water partition coefficient (Wildman–Crippen LogP) is 3.43. The van der Waals surface area contributed by atoms with Crippen molar-refractivity contribution in [3.8, 4) is 0 Å². The number of anilines is 5. The highest BCUT2D eigenvalue weighted by Crippen LogP contribution is 2.22. The van der Waals surface area contributed by atoms with E-state index < -0.39 is 0 Å². The van der Waals surface area contributed by atoms with Gasteiger partial charge in [0.25, 0.3) is 0 Å². The van der Waals surface area contributed by atoms with Crippen LogP contribution in [0.25, 0.3) is 0 Å². The monoisotopic (exact) mass is 406 g/mol. The third-order valence-corrected chi connectivity index (χ3v) is 4.29. The Balaban J connectivity index is 1.47. The van der Waals surface area contributed by atoms with Crippen LogP contribution in [-0.4, -0.2) is 42.1 Å². The molecule has 0 amide bonds. The highest BCUT2D eigenvalue weighted by atomic mass is 15.2. The Morgan fingerprint density at radius 1 is 0.867 bits per heavy atom. The third-order valence-electron chi connectivity index (χ3n) is 4.29. The Bertz CT molecular complexity index is 970. The van der Waals surface area contributed by atoms with E-state index in [-0.39, 0.29) is 5.95 Å². The zero-order valence-electron chi connectivity index (χ0n) is 17.1. The number of hydrogen-bond acceptors (Lipinski definition) is 10. The van der Waals surface area contributed by atoms with Crippen molar-refractivity contribution in [3.05, 3.63) is 48.5 Å². The predicted molar refractivity (Wildman–Crippen MR) is 122 cm³/mol. The maximum atomic E-state index is 5.67. The van der Waals surface area contributed by atoms with Crippen molar-refractivity contribution < 1.29 is 0 Å². The minimum absolute atomic E-state index is 0.183. The molecule has 0 bridgehead atoms. The average molecular weight is 406 g/mol. The summed E-state index contributed by atoms with van der Waals surface area (Å²) in [6.45, 7) is 1.57. The molecule has 0 aliphatic rings. The van der Waals surface area contributed by atoms with Crippen LogP contribution in [0.5, 0.6) is 0 Å². The summed E-state index contributed by atoms with van der Waals surface area (Å²) < 4.78 is 0. The van der Waals surface area contributed by atoms with Crippen molar-refractivity contribution in [3.63, 3.8) is 0 Å². The zero-order valence-corrected chi connectivity index (χ0v) is 17.1. The van der Waals surface area contributed by atoms with Gasteiger partial charge in [-0.25, -0.2) is 0 Å². The van der Waals surface area contributed by atoms with Gasteiger partial charge in [-0.3, -0.25) is 0 Å². The van der Waals surface area contributed by atoms with Crippen LogP contribution in [0.15, 0.2) is 58.8 Å². The van der Waals surface area contributed by atoms with Gasteiger partial charge in [0, 0.05) is 38.6 Å². The summed E-state index contributed by atoms with van der Waals surface area (Å²) in [5.41, 5.74) is 14.7. The first-order valence-electron chi connectivity index (χ1n) is 9.55. The molecule has 0 atom stereocenters. The summed E-state index contributed by atoms with van der Waals surface area (Å²) >= 11 is 0. The Hall–Kier alpha value is -3.95. The summed E-state index contributed by atoms with van der Waals surface area (Å²) in [6.07, 6.45) is 0.898. The molecule has 10 nitrogen and oxygen atoms in total. The van der Waals surface area contributed by atoms with Gasteiger partial charge in [0.15, 0.2) is 0 Å². The fourth-order valence-corrected chi connectivity index (χ4v) is 2.66. The lowest BCUT2D eigenvalue weighted by molar-refractivity contribution is 0.810. The highest BCUT2D eigenvalue weighted by molar-refractivity contribution is 5.53. The van der Waals surface area contributed by atoms with Gasteiger partial charge in [-0.2, -0.15) is 25.2 Å². The molecule has 2 aromatic carbocycles. The highest BCUT2D eigenvalue weighted by Gasteiger charge is 2.04. The standard InChI is InChI=1S/C20H26N10/c1-23-19-25-18(22)26-20(27-19)24-12-3-13-30(2)17-10-8-16(9-11-17)29-28-15-6-4-14(21)5-7-15/h4-11H,3,12-13,21H2,1-2H3,(H4,22,23,24,25,26,27)/b29-28+. The van der Waals surface area contributed by atoms with E-state index in [1.807, 2.05) is 43.4 Å². The molecule has 1 aromatic heterocycles. The molecule has 0 aliphatic heterocycles. The van der Waals surface area contributed by atoms with E-state index in [0.29, 0.717) is 24.1 Å². The Kier molecular flexibility index (Phi) is 6.93. The van der Waals surface area contributed by atoms with E-state index in [0.717, 1.165) is 30.0 Å². The minimum atomic E-state index is 0.183. The Morgan fingerprint density at radius 3 is 2.10 bits per heavy atom. The molecular weight excluding hydrogens is 380 g/mol. The molecule has 0 saturated carbocycles. The maximum absolute atomic E-state index is 5.67. The summed E-state index contributed by atoms with van der Waals surface area (Å²) in [5, 5.41) is 14.5. The maximum Gasteiger partial charge on any atom is 0.229 e. The molecule has 0 spiro atoms. The number of aromatic nitrogens is 3. The molecule has 6 N–H and O–H groups in total. The number of rotatable bonds is 9. The van der Waals surface area contributed by atoms with Crippen LogP contribution < -0.4 is 27.0 Å². The van der Waals surface area contributed by atoms with Crippen molar-refractivity contribution in [2.24, 2.45) is 10.2 Å². The van der Waals surface area contributed by atoms with E-state index in [2.05, 4.69) is 40.7 Å². The number of azo groups is 1. The fraction of sp³-hybridized carbons (Fsp3) is 0.250. The normalized spacial score (nSPS) is 10.9. The van der Waals surface area contributed by atoms with Gasteiger partial charge in [-0.1, -0.05) is 0 Å². The van der Waals surface area contributed by atoms with Crippen LogP contribution in [-0.2, 0) is 0 Å². The van der Waals surface area contributed by atoms with Crippen LogP contribution in [0.2, 0.25) is 0 Å². The third kappa shape index (κ3) is 6.03. The van der Waals surface area contributed by atoms with E-state index in [1.54, 1.807) is 19.2 Å². The molecule has 3 aromatic rings. The van der Waals surface area contributed by atoms with Crippen molar-refractivity contribution in [1.29, 1.82) is 0 Å². The Labute approximate surface area is 175 Å². The summed E-state index contributed by atoms with van der Waals surface area (Å²) in [5.74, 6) is 1.09. The number of hydrogen-bond donors (Lipinski definition) is 4. The smallest absolute Gasteiger partial charge is 0.229 e. The van der Waals surface area contributed by atoms with Gasteiger partial charge in [0.1, 0.15) is 0 Å². The second-order valence-electron chi connectivity index (χ2n) is 6.60. The second kappa shape index (κ2) is 10.0. The molecule has 0 saturated heterocycles. The SMILES string of the molecule is CNc1nc(N)nc(NCCCN(C)c2ccc(/N=N/c3ccc(N)cc3)cc2)n1. The van der Waals surface area contributed by atoms with Gasteiger partial charge in [0.05, 0.1) is 11.4 Å². The summed E-state index contributed by atoms with van der Waals surface area (Å²) in [6, 6.07) is 15.2. The number of nitrogens with two attached hydrogens (primary N) is 2. The van der Waals surface area contributed by atoms with Crippen molar-refractivity contribution in [1.82, 2.24) is 15.0 Å². The van der Waals surface area contributed by atoms with E-state index >= 15 is 0 Å². The number of nitrogen functional groups attached to an aromatic ring is 2. The lowest BCUT2D eigenvalue weighted by atomic mass is 10.2. The van der Waals surface area contributed by atoms with Gasteiger partial charge in [-0.05, 0) is 55.0 Å². The van der Waals surface area contributed by atoms with Crippen molar-refractivity contribution in [2.75, 3.05) is 54.2 Å². The van der Waals surface area contributed by atoms with Crippen molar-refractivity contribution >= 4 is 40.6 Å². The molecular formula is C20H26N10. The van der Waals surface area contributed by atoms with Gasteiger partial charge >= 0.3 is 0 Å². The minimum Gasteiger partial charge on any atom is -0.399 e. The summed E-state index contributed by atoms with van der Waals surface area (Å²) in [7, 11) is 3.78. The van der Waals surface area contributed by atoms with Crippen LogP contribution >= 0.6 is 0 Å². The van der Waals surface area contributed by atoms with E-state index in [4.69, 9.17) is 11.5 Å².